The molecule has 0 aliphatic rings. The van der Waals surface area contributed by atoms with Gasteiger partial charge in [0, 0.05) is 32.6 Å². The van der Waals surface area contributed by atoms with Gasteiger partial charge in [0.1, 0.15) is 11.2 Å². The summed E-state index contributed by atoms with van der Waals surface area (Å²) in [5.74, 6) is 0. The highest BCUT2D eigenvalue weighted by Gasteiger charge is 2.12. The van der Waals surface area contributed by atoms with Gasteiger partial charge in [-0.25, -0.2) is 0 Å². The third-order valence-corrected chi connectivity index (χ3v) is 7.62. The van der Waals surface area contributed by atoms with Gasteiger partial charge in [-0.05, 0) is 64.2 Å². The van der Waals surface area contributed by atoms with Crippen molar-refractivity contribution in [2.45, 2.75) is 0 Å². The molecule has 2 heterocycles. The number of rotatable bonds is 3. The number of aromatic nitrogens is 1. The third-order valence-electron chi connectivity index (χ3n) is 7.62. The Morgan fingerprint density at radius 2 is 1.00 bits per heavy atom. The van der Waals surface area contributed by atoms with E-state index in [1.807, 2.05) is 12.1 Å². The monoisotopic (exact) mass is 485 g/mol. The number of hydrogen-bond acceptors (Lipinski definition) is 1. The van der Waals surface area contributed by atoms with Crippen LogP contribution in [0.1, 0.15) is 0 Å². The van der Waals surface area contributed by atoms with E-state index in [0.717, 1.165) is 21.9 Å². The van der Waals surface area contributed by atoms with Gasteiger partial charge < -0.3 is 9.40 Å². The summed E-state index contributed by atoms with van der Waals surface area (Å²) in [7, 11) is 0. The Balaban J connectivity index is 1.22. The summed E-state index contributed by atoms with van der Waals surface area (Å²) in [6.07, 6.45) is 0. The highest BCUT2D eigenvalue weighted by molar-refractivity contribution is 6.12. The smallest absolute Gasteiger partial charge is 0.135 e. The number of fused-ring (bicyclic) bond motifs is 6. The van der Waals surface area contributed by atoms with E-state index >= 15 is 0 Å². The lowest BCUT2D eigenvalue weighted by Crippen LogP contribution is -1.85. The summed E-state index contributed by atoms with van der Waals surface area (Å²) in [5, 5.41) is 4.82. The van der Waals surface area contributed by atoms with Crippen molar-refractivity contribution in [1.29, 1.82) is 0 Å². The zero-order valence-corrected chi connectivity index (χ0v) is 20.6. The largest absolute Gasteiger partial charge is 0.456 e. The first-order chi connectivity index (χ1) is 18.8. The van der Waals surface area contributed by atoms with Crippen molar-refractivity contribution >= 4 is 43.7 Å². The minimum atomic E-state index is 0.921. The molecule has 2 heteroatoms. The maximum Gasteiger partial charge on any atom is 0.135 e. The van der Waals surface area contributed by atoms with E-state index < -0.39 is 0 Å². The molecular weight excluding hydrogens is 462 g/mol. The minimum Gasteiger partial charge on any atom is -0.456 e. The van der Waals surface area contributed by atoms with E-state index in [-0.39, 0.29) is 0 Å². The molecule has 0 radical (unpaired) electrons. The van der Waals surface area contributed by atoms with E-state index in [0.29, 0.717) is 0 Å². The first-order valence-corrected chi connectivity index (χ1v) is 12.9. The Morgan fingerprint density at radius 1 is 0.395 bits per heavy atom. The minimum absolute atomic E-state index is 0.921. The first-order valence-electron chi connectivity index (χ1n) is 12.9. The first kappa shape index (κ1) is 21.0. The molecule has 38 heavy (non-hydrogen) atoms. The second-order valence-corrected chi connectivity index (χ2v) is 9.87. The number of aromatic amines is 1. The van der Waals surface area contributed by atoms with Crippen molar-refractivity contribution in [2.75, 3.05) is 0 Å². The second kappa shape index (κ2) is 8.22. The van der Waals surface area contributed by atoms with Crippen LogP contribution in [0, 0.1) is 0 Å². The predicted octanol–water partition coefficient (Wildman–Crippen LogP) is 10.2. The Hall–Kier alpha value is -5.08. The van der Waals surface area contributed by atoms with Crippen molar-refractivity contribution in [3.63, 3.8) is 0 Å². The summed E-state index contributed by atoms with van der Waals surface area (Å²) >= 11 is 0. The SMILES string of the molecule is c1cc(-c2cccc(-c3cccc4c3[nH]c3ccccc34)c2)cc(-c2ccc3oc4ccccc4c3c2)c1. The van der Waals surface area contributed by atoms with Crippen LogP contribution >= 0.6 is 0 Å². The van der Waals surface area contributed by atoms with Gasteiger partial charge in [0.15, 0.2) is 0 Å². The third kappa shape index (κ3) is 3.28. The number of para-hydroxylation sites is 3. The van der Waals surface area contributed by atoms with Crippen LogP contribution in [0.25, 0.3) is 77.1 Å². The van der Waals surface area contributed by atoms with Crippen molar-refractivity contribution in [3.8, 4) is 33.4 Å². The number of furan rings is 1. The van der Waals surface area contributed by atoms with Gasteiger partial charge in [-0.3, -0.25) is 0 Å². The maximum atomic E-state index is 6.04. The predicted molar refractivity (Wildman–Crippen MR) is 159 cm³/mol. The quantitative estimate of drug-likeness (QED) is 0.265. The summed E-state index contributed by atoms with van der Waals surface area (Å²) in [5.41, 5.74) is 11.4. The number of benzene rings is 6. The lowest BCUT2D eigenvalue weighted by molar-refractivity contribution is 0.669. The zero-order valence-electron chi connectivity index (χ0n) is 20.6. The van der Waals surface area contributed by atoms with Gasteiger partial charge in [-0.15, -0.1) is 0 Å². The molecule has 0 amide bonds. The van der Waals surface area contributed by atoms with Gasteiger partial charge in [0.25, 0.3) is 0 Å². The highest BCUT2D eigenvalue weighted by Crippen LogP contribution is 2.36. The molecule has 8 aromatic rings. The highest BCUT2D eigenvalue weighted by atomic mass is 16.3. The zero-order chi connectivity index (χ0) is 25.1. The molecule has 0 spiro atoms. The Bertz CT molecular complexity index is 2140. The van der Waals surface area contributed by atoms with Crippen molar-refractivity contribution in [3.05, 3.63) is 133 Å². The number of nitrogens with one attached hydrogen (secondary N) is 1. The topological polar surface area (TPSA) is 28.9 Å². The summed E-state index contributed by atoms with van der Waals surface area (Å²) in [6.45, 7) is 0. The number of H-pyrrole nitrogens is 1. The van der Waals surface area contributed by atoms with Crippen LogP contribution in [-0.4, -0.2) is 4.98 Å². The maximum absolute atomic E-state index is 6.04. The van der Waals surface area contributed by atoms with Crippen LogP contribution in [0.15, 0.2) is 138 Å². The standard InChI is InChI=1S/C36H23NO/c1-3-16-33-29(12-1)31-15-7-14-28(36(31)37-33)27-11-6-10-25(21-27)23-8-5-9-24(20-23)26-18-19-35-32(22-26)30-13-2-4-17-34(30)38-35/h1-22,37H. The van der Waals surface area contributed by atoms with Crippen molar-refractivity contribution in [1.82, 2.24) is 4.98 Å². The fraction of sp³-hybridized carbons (Fsp3) is 0. The summed E-state index contributed by atoms with van der Waals surface area (Å²) in [6, 6.07) is 47.4. The van der Waals surface area contributed by atoms with Crippen LogP contribution in [-0.2, 0) is 0 Å². The Labute approximate surface area is 219 Å². The molecule has 8 rings (SSSR count). The van der Waals surface area contributed by atoms with Crippen LogP contribution in [0.3, 0.4) is 0 Å². The average molecular weight is 486 g/mol. The summed E-state index contributed by atoms with van der Waals surface area (Å²) in [4.78, 5) is 3.65. The molecule has 0 aliphatic heterocycles. The molecule has 0 atom stereocenters. The lowest BCUT2D eigenvalue weighted by atomic mass is 9.95. The van der Waals surface area contributed by atoms with Gasteiger partial charge in [-0.1, -0.05) is 97.1 Å². The van der Waals surface area contributed by atoms with Gasteiger partial charge in [0.05, 0.1) is 5.52 Å². The van der Waals surface area contributed by atoms with E-state index in [4.69, 9.17) is 4.42 Å². The van der Waals surface area contributed by atoms with E-state index in [9.17, 15) is 0 Å². The molecule has 0 aliphatic carbocycles. The fourth-order valence-corrected chi connectivity index (χ4v) is 5.76. The van der Waals surface area contributed by atoms with Gasteiger partial charge in [0.2, 0.25) is 0 Å². The molecule has 2 aromatic heterocycles. The fourth-order valence-electron chi connectivity index (χ4n) is 5.76. The van der Waals surface area contributed by atoms with Crippen LogP contribution in [0.4, 0.5) is 0 Å². The molecule has 178 valence electrons. The molecule has 1 N–H and O–H groups in total. The molecule has 0 saturated heterocycles. The van der Waals surface area contributed by atoms with E-state index in [1.54, 1.807) is 0 Å². The molecule has 2 nitrogen and oxygen atoms in total. The molecule has 6 aromatic carbocycles. The molecular formula is C36H23NO. The molecule has 0 saturated carbocycles. The molecule has 0 unspecified atom stereocenters. The lowest BCUT2D eigenvalue weighted by Gasteiger charge is -2.09. The number of hydrogen-bond donors (Lipinski definition) is 1. The van der Waals surface area contributed by atoms with Gasteiger partial charge >= 0.3 is 0 Å². The average Bonchev–Trinajstić information content (AvgIpc) is 3.55. The van der Waals surface area contributed by atoms with Gasteiger partial charge in [-0.2, -0.15) is 0 Å². The van der Waals surface area contributed by atoms with Crippen molar-refractivity contribution in [2.24, 2.45) is 0 Å². The van der Waals surface area contributed by atoms with E-state index in [1.165, 1.54) is 55.2 Å². The van der Waals surface area contributed by atoms with Crippen molar-refractivity contribution < 1.29 is 4.42 Å². The molecule has 0 fully saturated rings. The normalized spacial score (nSPS) is 11.7. The molecule has 0 bridgehead atoms. The van der Waals surface area contributed by atoms with Crippen LogP contribution in [0.2, 0.25) is 0 Å². The Kier molecular flexibility index (Phi) is 4.55. The second-order valence-electron chi connectivity index (χ2n) is 9.87. The van der Waals surface area contributed by atoms with E-state index in [2.05, 4.69) is 126 Å². The summed E-state index contributed by atoms with van der Waals surface area (Å²) < 4.78 is 6.04. The van der Waals surface area contributed by atoms with Crippen LogP contribution < -0.4 is 0 Å². The Morgan fingerprint density at radius 3 is 1.84 bits per heavy atom. The van der Waals surface area contributed by atoms with Crippen LogP contribution in [0.5, 0.6) is 0 Å².